The quantitative estimate of drug-likeness (QED) is 0.367. The molecule has 2 nitrogen and oxygen atoms in total. The summed E-state index contributed by atoms with van der Waals surface area (Å²) in [5.41, 5.74) is -0.594. The van der Waals surface area contributed by atoms with E-state index in [-0.39, 0.29) is 11.5 Å². The Balaban J connectivity index is 1.83. The Kier molecular flexibility index (Phi) is 5.53. The highest BCUT2D eigenvalue weighted by Gasteiger charge is 2.26. The average molecular weight is 380 g/mol. The maximum Gasteiger partial charge on any atom is 0.349 e. The highest BCUT2D eigenvalue weighted by Crippen LogP contribution is 2.36. The summed E-state index contributed by atoms with van der Waals surface area (Å²) in [6.45, 7) is 3.37. The van der Waals surface area contributed by atoms with Gasteiger partial charge in [0, 0.05) is 17.7 Å². The second-order valence-electron chi connectivity index (χ2n) is 7.22. The van der Waals surface area contributed by atoms with Gasteiger partial charge < -0.3 is 4.74 Å². The van der Waals surface area contributed by atoms with Crippen LogP contribution in [0.15, 0.2) is 24.3 Å². The first-order valence-electron chi connectivity index (χ1n) is 8.93. The molecule has 0 radical (unpaired) electrons. The molecule has 27 heavy (non-hydrogen) atoms. The molecule has 0 saturated heterocycles. The van der Waals surface area contributed by atoms with Gasteiger partial charge in [-0.25, -0.2) is 22.4 Å². The van der Waals surface area contributed by atoms with Gasteiger partial charge in [0.2, 0.25) is 0 Å². The van der Waals surface area contributed by atoms with E-state index in [9.17, 15) is 22.4 Å². The molecule has 0 aromatic heterocycles. The third-order valence-corrected chi connectivity index (χ3v) is 5.22. The summed E-state index contributed by atoms with van der Waals surface area (Å²) >= 11 is 0. The summed E-state index contributed by atoms with van der Waals surface area (Å²) in [7, 11) is 0. The van der Waals surface area contributed by atoms with Crippen LogP contribution in [0.2, 0.25) is 0 Å². The lowest BCUT2D eigenvalue weighted by Crippen LogP contribution is -2.16. The largest absolute Gasteiger partial charge is 0.423 e. The smallest absolute Gasteiger partial charge is 0.349 e. The number of carbonyl (C=O) groups is 1. The van der Waals surface area contributed by atoms with Crippen LogP contribution in [0.3, 0.4) is 0 Å². The Morgan fingerprint density at radius 1 is 0.889 bits per heavy atom. The molecule has 2 aromatic rings. The second kappa shape index (κ2) is 7.71. The monoisotopic (exact) mass is 380 g/mol. The summed E-state index contributed by atoms with van der Waals surface area (Å²) in [4.78, 5) is 12.1. The van der Waals surface area contributed by atoms with E-state index in [1.54, 1.807) is 0 Å². The van der Waals surface area contributed by atoms with Crippen LogP contribution in [-0.2, 0) is 0 Å². The molecule has 2 aromatic carbocycles. The average Bonchev–Trinajstić information content (AvgIpc) is 2.59. The molecule has 0 bridgehead atoms. The highest BCUT2D eigenvalue weighted by atomic mass is 19.1. The zero-order valence-corrected chi connectivity index (χ0v) is 15.1. The van der Waals surface area contributed by atoms with Gasteiger partial charge in [0.25, 0.3) is 0 Å². The van der Waals surface area contributed by atoms with Gasteiger partial charge in [0.15, 0.2) is 0 Å². The minimum absolute atomic E-state index is 0.0514. The SMILES string of the molecule is Cc1c(F)cc(OC(=O)c2c(F)cc(C3CCC(C)CC3)cc2F)cc1F. The van der Waals surface area contributed by atoms with Crippen molar-refractivity contribution in [3.8, 4) is 5.75 Å². The van der Waals surface area contributed by atoms with Crippen LogP contribution in [0.25, 0.3) is 0 Å². The van der Waals surface area contributed by atoms with Crippen LogP contribution in [0.4, 0.5) is 17.6 Å². The van der Waals surface area contributed by atoms with Crippen LogP contribution in [0, 0.1) is 36.1 Å². The minimum atomic E-state index is -1.34. The van der Waals surface area contributed by atoms with Crippen LogP contribution in [0.5, 0.6) is 5.75 Å². The predicted octanol–water partition coefficient (Wildman–Crippen LogP) is 6.06. The molecule has 1 saturated carbocycles. The van der Waals surface area contributed by atoms with Gasteiger partial charge in [-0.3, -0.25) is 0 Å². The summed E-state index contributed by atoms with van der Waals surface area (Å²) in [6, 6.07) is 3.89. The van der Waals surface area contributed by atoms with E-state index < -0.39 is 40.6 Å². The lowest BCUT2D eigenvalue weighted by Gasteiger charge is -2.26. The topological polar surface area (TPSA) is 26.3 Å². The molecule has 144 valence electrons. The van der Waals surface area contributed by atoms with Crippen molar-refractivity contribution in [2.45, 2.75) is 45.4 Å². The Labute approximate surface area is 155 Å². The lowest BCUT2D eigenvalue weighted by molar-refractivity contribution is 0.0723. The molecule has 0 aliphatic heterocycles. The van der Waals surface area contributed by atoms with Gasteiger partial charge in [0.1, 0.15) is 34.6 Å². The van der Waals surface area contributed by atoms with Gasteiger partial charge in [-0.15, -0.1) is 0 Å². The van der Waals surface area contributed by atoms with Crippen LogP contribution >= 0.6 is 0 Å². The first-order valence-corrected chi connectivity index (χ1v) is 8.93. The van der Waals surface area contributed by atoms with Crippen LogP contribution in [-0.4, -0.2) is 5.97 Å². The summed E-state index contributed by atoms with van der Waals surface area (Å²) in [6.07, 6.45) is 3.65. The van der Waals surface area contributed by atoms with E-state index in [0.717, 1.165) is 49.9 Å². The first kappa shape index (κ1) is 19.4. The van der Waals surface area contributed by atoms with Crippen molar-refractivity contribution in [3.05, 3.63) is 64.2 Å². The zero-order chi connectivity index (χ0) is 19.7. The van der Waals surface area contributed by atoms with Crippen molar-refractivity contribution in [2.75, 3.05) is 0 Å². The lowest BCUT2D eigenvalue weighted by atomic mass is 9.79. The first-order chi connectivity index (χ1) is 12.8. The van der Waals surface area contributed by atoms with Crippen LogP contribution in [0.1, 0.15) is 60.0 Å². The summed E-state index contributed by atoms with van der Waals surface area (Å²) < 4.78 is 60.8. The fourth-order valence-electron chi connectivity index (χ4n) is 3.46. The van der Waals surface area contributed by atoms with E-state index in [1.165, 1.54) is 6.92 Å². The maximum absolute atomic E-state index is 14.4. The van der Waals surface area contributed by atoms with E-state index in [1.807, 2.05) is 0 Å². The molecule has 6 heteroatoms. The Morgan fingerprint density at radius 3 is 1.93 bits per heavy atom. The minimum Gasteiger partial charge on any atom is -0.423 e. The molecule has 0 amide bonds. The number of rotatable bonds is 3. The number of halogens is 4. The molecule has 0 spiro atoms. The standard InChI is InChI=1S/C21H20F4O2/c1-11-3-5-13(6-4-11)14-7-18(24)20(19(25)8-14)21(26)27-15-9-16(22)12(2)17(23)10-15/h7-11,13H,3-6H2,1-2H3. The molecule has 1 aliphatic carbocycles. The second-order valence-corrected chi connectivity index (χ2v) is 7.22. The summed E-state index contributed by atoms with van der Waals surface area (Å²) in [5, 5.41) is 0. The molecule has 0 N–H and O–H groups in total. The summed E-state index contributed by atoms with van der Waals surface area (Å²) in [5.74, 6) is -5.05. The van der Waals surface area contributed by atoms with Crippen molar-refractivity contribution in [3.63, 3.8) is 0 Å². The van der Waals surface area contributed by atoms with E-state index in [0.29, 0.717) is 11.5 Å². The Hall–Kier alpha value is -2.37. The Bertz CT molecular complexity index is 824. The molecule has 0 atom stereocenters. The number of ether oxygens (including phenoxy) is 1. The fourth-order valence-corrected chi connectivity index (χ4v) is 3.46. The number of benzene rings is 2. The number of hydrogen-bond donors (Lipinski definition) is 0. The maximum atomic E-state index is 14.4. The van der Waals surface area contributed by atoms with Gasteiger partial charge >= 0.3 is 5.97 Å². The third kappa shape index (κ3) is 4.15. The van der Waals surface area contributed by atoms with Gasteiger partial charge in [-0.2, -0.15) is 0 Å². The van der Waals surface area contributed by atoms with Crippen molar-refractivity contribution >= 4 is 5.97 Å². The normalized spacial score (nSPS) is 19.8. The van der Waals surface area contributed by atoms with Crippen molar-refractivity contribution < 1.29 is 27.1 Å². The molecule has 0 unspecified atom stereocenters. The Morgan fingerprint density at radius 2 is 1.41 bits per heavy atom. The number of esters is 1. The van der Waals surface area contributed by atoms with E-state index in [2.05, 4.69) is 6.92 Å². The van der Waals surface area contributed by atoms with E-state index in [4.69, 9.17) is 4.74 Å². The fraction of sp³-hybridized carbons (Fsp3) is 0.381. The molecule has 0 heterocycles. The van der Waals surface area contributed by atoms with Gasteiger partial charge in [0.05, 0.1) is 0 Å². The third-order valence-electron chi connectivity index (χ3n) is 5.22. The van der Waals surface area contributed by atoms with Gasteiger partial charge in [-0.05, 0) is 49.3 Å². The van der Waals surface area contributed by atoms with Crippen molar-refractivity contribution in [2.24, 2.45) is 5.92 Å². The predicted molar refractivity (Wildman–Crippen MR) is 92.8 cm³/mol. The molecular formula is C21H20F4O2. The highest BCUT2D eigenvalue weighted by molar-refractivity contribution is 5.91. The van der Waals surface area contributed by atoms with Crippen LogP contribution < -0.4 is 4.74 Å². The zero-order valence-electron chi connectivity index (χ0n) is 15.1. The number of carbonyl (C=O) groups excluding carboxylic acids is 1. The molecule has 1 fully saturated rings. The van der Waals surface area contributed by atoms with E-state index >= 15 is 0 Å². The van der Waals surface area contributed by atoms with Crippen molar-refractivity contribution in [1.82, 2.24) is 0 Å². The number of hydrogen-bond acceptors (Lipinski definition) is 2. The molecular weight excluding hydrogens is 360 g/mol. The van der Waals surface area contributed by atoms with Crippen molar-refractivity contribution in [1.29, 1.82) is 0 Å². The molecule has 3 rings (SSSR count). The van der Waals surface area contributed by atoms with Gasteiger partial charge in [-0.1, -0.05) is 19.8 Å². The molecule has 1 aliphatic rings.